The van der Waals surface area contributed by atoms with Crippen LogP contribution in [0.5, 0.6) is 0 Å². The van der Waals surface area contributed by atoms with Crippen LogP contribution in [0.2, 0.25) is 0 Å². The summed E-state index contributed by atoms with van der Waals surface area (Å²) in [7, 11) is 0. The second-order valence-corrected chi connectivity index (χ2v) is 8.80. The van der Waals surface area contributed by atoms with Crippen LogP contribution in [0.15, 0.2) is 12.4 Å². The third-order valence-corrected chi connectivity index (χ3v) is 6.10. The highest BCUT2D eigenvalue weighted by molar-refractivity contribution is 4.84. The predicted octanol–water partition coefficient (Wildman–Crippen LogP) is 8.01. The van der Waals surface area contributed by atoms with Crippen LogP contribution in [0.1, 0.15) is 136 Å². The van der Waals surface area contributed by atoms with E-state index in [0.29, 0.717) is 0 Å². The molecule has 164 valence electrons. The first kappa shape index (κ1) is 25.2. The van der Waals surface area contributed by atoms with Crippen LogP contribution in [0, 0.1) is 0 Å². The highest BCUT2D eigenvalue weighted by Gasteiger charge is 2.16. The van der Waals surface area contributed by atoms with E-state index in [1.54, 1.807) is 5.82 Å². The van der Waals surface area contributed by atoms with Gasteiger partial charge >= 0.3 is 0 Å². The topological polar surface area (TPSA) is 8.81 Å². The molecular weight excluding hydrogens is 340 g/mol. The third kappa shape index (κ3) is 11.9. The molecule has 28 heavy (non-hydrogen) atoms. The zero-order chi connectivity index (χ0) is 20.3. The number of unbranched alkanes of at least 4 members (excludes halogenated alkanes) is 14. The quantitative estimate of drug-likeness (QED) is 0.157. The number of hydrogen-bond donors (Lipinski definition) is 0. The maximum atomic E-state index is 2.58. The van der Waals surface area contributed by atoms with Crippen LogP contribution < -0.4 is 4.57 Å². The minimum absolute atomic E-state index is 1.22. The van der Waals surface area contributed by atoms with Crippen LogP contribution >= 0.6 is 0 Å². The smallest absolute Gasteiger partial charge is 0.234 e. The van der Waals surface area contributed by atoms with Gasteiger partial charge in [0.15, 0.2) is 0 Å². The van der Waals surface area contributed by atoms with E-state index in [0.717, 1.165) is 0 Å². The fourth-order valence-corrected chi connectivity index (χ4v) is 4.20. The lowest BCUT2D eigenvalue weighted by Crippen LogP contribution is -2.37. The molecule has 0 saturated carbocycles. The molecule has 1 aromatic heterocycles. The summed E-state index contributed by atoms with van der Waals surface area (Å²) in [6, 6.07) is 0. The molecular formula is C26H51N2+. The highest BCUT2D eigenvalue weighted by Crippen LogP contribution is 2.12. The second kappa shape index (κ2) is 18.3. The summed E-state index contributed by atoms with van der Waals surface area (Å²) in [5, 5.41) is 0. The van der Waals surface area contributed by atoms with Crippen molar-refractivity contribution in [2.45, 2.75) is 149 Å². The van der Waals surface area contributed by atoms with Crippen molar-refractivity contribution in [3.63, 3.8) is 0 Å². The molecule has 2 nitrogen and oxygen atoms in total. The van der Waals surface area contributed by atoms with Gasteiger partial charge < -0.3 is 0 Å². The van der Waals surface area contributed by atoms with Crippen molar-refractivity contribution in [3.8, 4) is 0 Å². The molecule has 0 atom stereocenters. The fourth-order valence-electron chi connectivity index (χ4n) is 4.20. The number of nitrogens with zero attached hydrogens (tertiary/aromatic N) is 2. The van der Waals surface area contributed by atoms with Gasteiger partial charge in [-0.1, -0.05) is 97.8 Å². The Morgan fingerprint density at radius 3 is 1.71 bits per heavy atom. The van der Waals surface area contributed by atoms with Crippen molar-refractivity contribution in [2.75, 3.05) is 0 Å². The minimum Gasteiger partial charge on any atom is -0.234 e. The van der Waals surface area contributed by atoms with E-state index in [-0.39, 0.29) is 0 Å². The van der Waals surface area contributed by atoms with Gasteiger partial charge in [-0.05, 0) is 32.1 Å². The Kier molecular flexibility index (Phi) is 16.5. The summed E-state index contributed by atoms with van der Waals surface area (Å²) in [5.74, 6) is 1.59. The molecule has 1 aromatic rings. The van der Waals surface area contributed by atoms with Crippen LogP contribution in [-0.4, -0.2) is 4.57 Å². The Labute approximate surface area is 177 Å². The van der Waals surface area contributed by atoms with E-state index in [1.165, 1.54) is 129 Å². The van der Waals surface area contributed by atoms with Gasteiger partial charge in [-0.25, -0.2) is 9.13 Å². The molecule has 0 saturated heterocycles. The van der Waals surface area contributed by atoms with Gasteiger partial charge in [0.2, 0.25) is 0 Å². The van der Waals surface area contributed by atoms with Crippen LogP contribution in [0.25, 0.3) is 0 Å². The third-order valence-electron chi connectivity index (χ3n) is 6.10. The van der Waals surface area contributed by atoms with E-state index in [1.807, 2.05) is 0 Å². The average molecular weight is 392 g/mol. The maximum Gasteiger partial charge on any atom is 0.256 e. The molecule has 0 unspecified atom stereocenters. The standard InChI is InChI=1S/C26H51N2/c1-4-7-10-13-14-15-17-20-23-28-25-24-27(22-19-12-9-6-3)26(28)21-18-16-11-8-5-2/h24-25H,4-23H2,1-3H3/q+1. The Bertz CT molecular complexity index is 449. The lowest BCUT2D eigenvalue weighted by Gasteiger charge is -2.06. The highest BCUT2D eigenvalue weighted by atomic mass is 15.1. The molecule has 0 fully saturated rings. The molecule has 0 spiro atoms. The van der Waals surface area contributed by atoms with E-state index in [4.69, 9.17) is 0 Å². The molecule has 0 bridgehead atoms. The minimum atomic E-state index is 1.22. The lowest BCUT2D eigenvalue weighted by molar-refractivity contribution is -0.704. The first-order valence-electron chi connectivity index (χ1n) is 12.9. The number of hydrogen-bond acceptors (Lipinski definition) is 0. The molecule has 0 aliphatic heterocycles. The largest absolute Gasteiger partial charge is 0.256 e. The molecule has 1 heterocycles. The van der Waals surface area contributed by atoms with Crippen LogP contribution in [0.4, 0.5) is 0 Å². The van der Waals surface area contributed by atoms with Gasteiger partial charge in [-0.3, -0.25) is 0 Å². The van der Waals surface area contributed by atoms with Crippen molar-refractivity contribution < 1.29 is 4.57 Å². The molecule has 1 rings (SSSR count). The number of aryl methyl sites for hydroxylation is 2. The Morgan fingerprint density at radius 1 is 0.607 bits per heavy atom. The lowest BCUT2D eigenvalue weighted by atomic mass is 10.1. The van der Waals surface area contributed by atoms with Gasteiger partial charge in [0.05, 0.1) is 13.1 Å². The zero-order valence-corrected chi connectivity index (χ0v) is 19.7. The zero-order valence-electron chi connectivity index (χ0n) is 19.7. The molecule has 0 amide bonds. The average Bonchev–Trinajstić information content (AvgIpc) is 3.09. The summed E-state index contributed by atoms with van der Waals surface area (Å²) in [5.41, 5.74) is 0. The first-order chi connectivity index (χ1) is 13.8. The van der Waals surface area contributed by atoms with Crippen LogP contribution in [0.3, 0.4) is 0 Å². The summed E-state index contributed by atoms with van der Waals surface area (Å²) >= 11 is 0. The number of imidazole rings is 1. The van der Waals surface area contributed by atoms with Crippen molar-refractivity contribution in [1.29, 1.82) is 0 Å². The summed E-state index contributed by atoms with van der Waals surface area (Å²) < 4.78 is 5.15. The van der Waals surface area contributed by atoms with Crippen molar-refractivity contribution in [3.05, 3.63) is 18.2 Å². The van der Waals surface area contributed by atoms with Gasteiger partial charge in [0.25, 0.3) is 5.82 Å². The van der Waals surface area contributed by atoms with E-state index >= 15 is 0 Å². The van der Waals surface area contributed by atoms with Gasteiger partial charge in [0, 0.05) is 6.42 Å². The summed E-state index contributed by atoms with van der Waals surface area (Å²) in [6.07, 6.45) is 29.6. The molecule has 0 radical (unpaired) electrons. The molecule has 0 aromatic carbocycles. The van der Waals surface area contributed by atoms with Gasteiger partial charge in [-0.15, -0.1) is 0 Å². The summed E-state index contributed by atoms with van der Waals surface area (Å²) in [4.78, 5) is 0. The van der Waals surface area contributed by atoms with E-state index in [9.17, 15) is 0 Å². The molecule has 0 N–H and O–H groups in total. The van der Waals surface area contributed by atoms with Crippen LogP contribution in [-0.2, 0) is 19.5 Å². The fraction of sp³-hybridized carbons (Fsp3) is 0.885. The normalized spacial score (nSPS) is 11.4. The van der Waals surface area contributed by atoms with Gasteiger partial charge in [0.1, 0.15) is 12.4 Å². The maximum absolute atomic E-state index is 2.58. The predicted molar refractivity (Wildman–Crippen MR) is 124 cm³/mol. The van der Waals surface area contributed by atoms with E-state index in [2.05, 4.69) is 42.3 Å². The number of rotatable bonds is 20. The van der Waals surface area contributed by atoms with Crippen molar-refractivity contribution in [1.82, 2.24) is 4.57 Å². The molecule has 0 aliphatic carbocycles. The van der Waals surface area contributed by atoms with E-state index < -0.39 is 0 Å². The Balaban J connectivity index is 2.40. The molecule has 2 heteroatoms. The van der Waals surface area contributed by atoms with Crippen molar-refractivity contribution >= 4 is 0 Å². The Hall–Kier alpha value is -0.790. The summed E-state index contributed by atoms with van der Waals surface area (Å²) in [6.45, 7) is 9.35. The number of aromatic nitrogens is 2. The monoisotopic (exact) mass is 391 g/mol. The van der Waals surface area contributed by atoms with Gasteiger partial charge in [-0.2, -0.15) is 0 Å². The first-order valence-corrected chi connectivity index (χ1v) is 12.9. The SMILES string of the molecule is CCCCCCCCCCn1cc[n+](CCCCCC)c1CCCCCCC. The Morgan fingerprint density at radius 2 is 1.11 bits per heavy atom. The molecule has 0 aliphatic rings. The second-order valence-electron chi connectivity index (χ2n) is 8.80. The van der Waals surface area contributed by atoms with Crippen molar-refractivity contribution in [2.24, 2.45) is 0 Å².